The van der Waals surface area contributed by atoms with Crippen LogP contribution < -0.4 is 9.62 Å². The van der Waals surface area contributed by atoms with Crippen LogP contribution in [0.4, 0.5) is 5.69 Å². The quantitative estimate of drug-likeness (QED) is 0.692. The molecule has 0 unspecified atom stereocenters. The van der Waals surface area contributed by atoms with Crippen LogP contribution in [0.15, 0.2) is 42.5 Å². The van der Waals surface area contributed by atoms with Crippen molar-refractivity contribution in [2.75, 3.05) is 10.6 Å². The Kier molecular flexibility index (Phi) is 7.47. The van der Waals surface area contributed by atoms with Gasteiger partial charge in [-0.1, -0.05) is 55.8 Å². The van der Waals surface area contributed by atoms with Crippen molar-refractivity contribution in [2.24, 2.45) is 0 Å². The Balaban J connectivity index is 2.40. The minimum atomic E-state index is -3.65. The molecule has 0 aliphatic carbocycles. The molecule has 0 fully saturated rings. The van der Waals surface area contributed by atoms with Crippen LogP contribution in [0, 0.1) is 20.8 Å². The number of amides is 1. The Morgan fingerprint density at radius 1 is 0.966 bits per heavy atom. The zero-order valence-corrected chi connectivity index (χ0v) is 19.0. The highest BCUT2D eigenvalue weighted by Gasteiger charge is 2.33. The van der Waals surface area contributed by atoms with E-state index in [0.29, 0.717) is 18.5 Å². The molecule has 2 aromatic rings. The van der Waals surface area contributed by atoms with Crippen LogP contribution in [0.2, 0.25) is 0 Å². The molecular weight excluding hydrogens is 384 g/mol. The summed E-state index contributed by atoms with van der Waals surface area (Å²) in [6, 6.07) is 12.7. The van der Waals surface area contributed by atoms with Gasteiger partial charge in [0.1, 0.15) is 6.04 Å². The fourth-order valence-electron chi connectivity index (χ4n) is 3.48. The predicted octanol–water partition coefficient (Wildman–Crippen LogP) is 4.42. The fourth-order valence-corrected chi connectivity index (χ4v) is 4.74. The number of benzene rings is 2. The van der Waals surface area contributed by atoms with Crippen LogP contribution in [-0.2, 0) is 14.8 Å². The van der Waals surface area contributed by atoms with E-state index in [-0.39, 0.29) is 11.9 Å². The number of hydrogen-bond acceptors (Lipinski definition) is 3. The minimum absolute atomic E-state index is 0.169. The molecule has 2 aromatic carbocycles. The Morgan fingerprint density at radius 3 is 2.07 bits per heavy atom. The van der Waals surface area contributed by atoms with Crippen molar-refractivity contribution in [1.82, 2.24) is 5.32 Å². The minimum Gasteiger partial charge on any atom is -0.347 e. The van der Waals surface area contributed by atoms with E-state index in [1.165, 1.54) is 4.31 Å². The lowest BCUT2D eigenvalue weighted by Crippen LogP contribution is -2.50. The number of carbonyl (C=O) groups excluding carboxylic acids is 1. The third-order valence-electron chi connectivity index (χ3n) is 5.14. The van der Waals surface area contributed by atoms with Crippen LogP contribution in [0.25, 0.3) is 0 Å². The van der Waals surface area contributed by atoms with Crippen molar-refractivity contribution in [3.05, 3.63) is 64.7 Å². The summed E-state index contributed by atoms with van der Waals surface area (Å²) in [5.74, 6) is -0.286. The summed E-state index contributed by atoms with van der Waals surface area (Å²) < 4.78 is 26.7. The van der Waals surface area contributed by atoms with Crippen molar-refractivity contribution in [3.63, 3.8) is 0 Å². The first-order valence-corrected chi connectivity index (χ1v) is 11.9. The van der Waals surface area contributed by atoms with E-state index in [9.17, 15) is 13.2 Å². The second-order valence-corrected chi connectivity index (χ2v) is 9.51. The molecule has 0 aliphatic rings. The summed E-state index contributed by atoms with van der Waals surface area (Å²) >= 11 is 0. The van der Waals surface area contributed by atoms with Crippen molar-refractivity contribution in [1.29, 1.82) is 0 Å². The SMILES string of the molecule is CC[C@H](NC(=O)[C@H](CC)N(c1cc(C)ccc1C)S(C)(=O)=O)c1ccc(C)cc1. The number of anilines is 1. The maximum atomic E-state index is 13.2. The number of hydrogen-bond donors (Lipinski definition) is 1. The lowest BCUT2D eigenvalue weighted by atomic mass is 10.0. The van der Waals surface area contributed by atoms with Crippen molar-refractivity contribution in [2.45, 2.75) is 59.5 Å². The smallest absolute Gasteiger partial charge is 0.244 e. The van der Waals surface area contributed by atoms with E-state index in [2.05, 4.69) is 5.32 Å². The first-order valence-electron chi connectivity index (χ1n) is 10.0. The third-order valence-corrected chi connectivity index (χ3v) is 6.30. The average Bonchev–Trinajstić information content (AvgIpc) is 2.66. The standard InChI is InChI=1S/C23H32N2O3S/c1-7-20(19-13-10-16(3)11-14-19)24-23(26)21(8-2)25(29(6,27)28)22-15-17(4)9-12-18(22)5/h9-15,20-21H,7-8H2,1-6H3,(H,24,26)/t20-,21-/m0/s1. The van der Waals surface area contributed by atoms with Gasteiger partial charge in [0.25, 0.3) is 0 Å². The third kappa shape index (κ3) is 5.60. The van der Waals surface area contributed by atoms with Gasteiger partial charge in [-0.2, -0.15) is 0 Å². The van der Waals surface area contributed by atoms with Gasteiger partial charge in [0.05, 0.1) is 18.0 Å². The molecule has 0 saturated heterocycles. The van der Waals surface area contributed by atoms with Gasteiger partial charge in [-0.3, -0.25) is 9.10 Å². The first kappa shape index (κ1) is 22.9. The average molecular weight is 417 g/mol. The first-order chi connectivity index (χ1) is 13.6. The van der Waals surface area contributed by atoms with Gasteiger partial charge in [0.2, 0.25) is 15.9 Å². The zero-order valence-electron chi connectivity index (χ0n) is 18.2. The van der Waals surface area contributed by atoms with Gasteiger partial charge in [0, 0.05) is 0 Å². The summed E-state index contributed by atoms with van der Waals surface area (Å²) in [5.41, 5.74) is 4.48. The number of rotatable bonds is 8. The highest BCUT2D eigenvalue weighted by molar-refractivity contribution is 7.92. The Labute approximate surface area is 175 Å². The molecule has 6 heteroatoms. The van der Waals surface area contributed by atoms with Gasteiger partial charge < -0.3 is 5.32 Å². The second kappa shape index (κ2) is 9.44. The van der Waals surface area contributed by atoms with Crippen molar-refractivity contribution in [3.8, 4) is 0 Å². The Morgan fingerprint density at radius 2 is 1.55 bits per heavy atom. The van der Waals surface area contributed by atoms with Crippen LogP contribution in [-0.4, -0.2) is 26.6 Å². The highest BCUT2D eigenvalue weighted by Crippen LogP contribution is 2.28. The van der Waals surface area contributed by atoms with Crippen LogP contribution in [0.5, 0.6) is 0 Å². The van der Waals surface area contributed by atoms with Crippen molar-refractivity contribution >= 4 is 21.6 Å². The molecule has 1 amide bonds. The van der Waals surface area contributed by atoms with E-state index < -0.39 is 16.1 Å². The molecule has 29 heavy (non-hydrogen) atoms. The number of carbonyl (C=O) groups is 1. The van der Waals surface area contributed by atoms with Gasteiger partial charge in [-0.05, 0) is 56.4 Å². The lowest BCUT2D eigenvalue weighted by Gasteiger charge is -2.32. The maximum absolute atomic E-state index is 13.2. The summed E-state index contributed by atoms with van der Waals surface area (Å²) in [5, 5.41) is 3.06. The van der Waals surface area contributed by atoms with Gasteiger partial charge in [-0.25, -0.2) is 8.42 Å². The number of aryl methyl sites for hydroxylation is 3. The molecule has 5 nitrogen and oxygen atoms in total. The molecule has 0 radical (unpaired) electrons. The molecule has 2 rings (SSSR count). The monoisotopic (exact) mass is 416 g/mol. The van der Waals surface area contributed by atoms with Gasteiger partial charge >= 0.3 is 0 Å². The number of nitrogens with zero attached hydrogens (tertiary/aromatic N) is 1. The van der Waals surface area contributed by atoms with E-state index in [4.69, 9.17) is 0 Å². The zero-order chi connectivity index (χ0) is 21.8. The van der Waals surface area contributed by atoms with Crippen LogP contribution in [0.1, 0.15) is 55.0 Å². The maximum Gasteiger partial charge on any atom is 0.244 e. The van der Waals surface area contributed by atoms with E-state index in [0.717, 1.165) is 28.5 Å². The Hall–Kier alpha value is -2.34. The van der Waals surface area contributed by atoms with E-state index in [1.54, 1.807) is 0 Å². The highest BCUT2D eigenvalue weighted by atomic mass is 32.2. The Bertz CT molecular complexity index is 953. The molecule has 0 bridgehead atoms. The molecule has 0 saturated carbocycles. The van der Waals surface area contributed by atoms with Gasteiger partial charge in [-0.15, -0.1) is 0 Å². The summed E-state index contributed by atoms with van der Waals surface area (Å²) in [7, 11) is -3.65. The normalized spacial score (nSPS) is 13.6. The largest absolute Gasteiger partial charge is 0.347 e. The number of nitrogens with one attached hydrogen (secondary N) is 1. The van der Waals surface area contributed by atoms with Crippen LogP contribution >= 0.6 is 0 Å². The van der Waals surface area contributed by atoms with E-state index in [1.807, 2.05) is 77.1 Å². The molecule has 0 aliphatic heterocycles. The van der Waals surface area contributed by atoms with Crippen LogP contribution in [0.3, 0.4) is 0 Å². The molecule has 0 aromatic heterocycles. The molecule has 158 valence electrons. The fraction of sp³-hybridized carbons (Fsp3) is 0.435. The topological polar surface area (TPSA) is 66.5 Å². The summed E-state index contributed by atoms with van der Waals surface area (Å²) in [6.45, 7) is 9.63. The van der Waals surface area contributed by atoms with Crippen molar-refractivity contribution < 1.29 is 13.2 Å². The second-order valence-electron chi connectivity index (χ2n) is 7.65. The molecule has 1 N–H and O–H groups in total. The number of sulfonamides is 1. The summed E-state index contributed by atoms with van der Waals surface area (Å²) in [6.07, 6.45) is 2.24. The lowest BCUT2D eigenvalue weighted by molar-refractivity contribution is -0.123. The molecule has 0 heterocycles. The predicted molar refractivity (Wildman–Crippen MR) is 120 cm³/mol. The van der Waals surface area contributed by atoms with Gasteiger partial charge in [0.15, 0.2) is 0 Å². The molecule has 0 spiro atoms. The summed E-state index contributed by atoms with van der Waals surface area (Å²) in [4.78, 5) is 13.2. The van der Waals surface area contributed by atoms with E-state index >= 15 is 0 Å². The molecular formula is C23H32N2O3S. The molecule has 2 atom stereocenters.